The molecule has 0 radical (unpaired) electrons. The van der Waals surface area contributed by atoms with E-state index in [2.05, 4.69) is 5.32 Å². The van der Waals surface area contributed by atoms with Crippen molar-refractivity contribution in [3.05, 3.63) is 84.4 Å². The van der Waals surface area contributed by atoms with Crippen molar-refractivity contribution in [2.75, 3.05) is 5.32 Å². The maximum absolute atomic E-state index is 12.6. The topological polar surface area (TPSA) is 38.3 Å². The lowest BCUT2D eigenvalue weighted by molar-refractivity contribution is -0.122. The summed E-state index contributed by atoms with van der Waals surface area (Å²) in [6, 6.07) is 25.5. The van der Waals surface area contributed by atoms with E-state index >= 15 is 0 Å². The Morgan fingerprint density at radius 1 is 0.880 bits per heavy atom. The minimum Gasteiger partial charge on any atom is -0.481 e. The predicted octanol–water partition coefficient (Wildman–Crippen LogP) is 5.07. The van der Waals surface area contributed by atoms with Crippen LogP contribution >= 0.6 is 0 Å². The second-order valence-electron chi connectivity index (χ2n) is 5.93. The molecule has 0 aromatic heterocycles. The Balaban J connectivity index is 1.76. The van der Waals surface area contributed by atoms with Crippen molar-refractivity contribution < 1.29 is 9.53 Å². The minimum absolute atomic E-state index is 0.174. The van der Waals surface area contributed by atoms with E-state index in [1.54, 1.807) is 6.92 Å². The van der Waals surface area contributed by atoms with Gasteiger partial charge in [0.15, 0.2) is 6.10 Å². The van der Waals surface area contributed by atoms with E-state index in [1.807, 2.05) is 85.8 Å². The van der Waals surface area contributed by atoms with Crippen LogP contribution in [0.15, 0.2) is 78.9 Å². The molecule has 0 aliphatic heterocycles. The Kier molecular flexibility index (Phi) is 5.14. The van der Waals surface area contributed by atoms with Gasteiger partial charge < -0.3 is 10.1 Å². The van der Waals surface area contributed by atoms with Crippen LogP contribution in [0.5, 0.6) is 5.75 Å². The monoisotopic (exact) mass is 331 g/mol. The molecule has 0 saturated carbocycles. The highest BCUT2D eigenvalue weighted by Gasteiger charge is 2.17. The number of benzene rings is 3. The number of aryl methyl sites for hydroxylation is 1. The highest BCUT2D eigenvalue weighted by atomic mass is 16.5. The lowest BCUT2D eigenvalue weighted by Gasteiger charge is -2.17. The van der Waals surface area contributed by atoms with Crippen LogP contribution in [-0.2, 0) is 4.79 Å². The second-order valence-corrected chi connectivity index (χ2v) is 5.93. The lowest BCUT2D eigenvalue weighted by atomic mass is 10.0. The number of hydrogen-bond acceptors (Lipinski definition) is 2. The largest absolute Gasteiger partial charge is 0.481 e. The van der Waals surface area contributed by atoms with E-state index in [1.165, 1.54) is 0 Å². The fourth-order valence-corrected chi connectivity index (χ4v) is 2.63. The smallest absolute Gasteiger partial charge is 0.265 e. The molecule has 1 unspecified atom stereocenters. The molecule has 3 nitrogen and oxygen atoms in total. The van der Waals surface area contributed by atoms with Crippen molar-refractivity contribution in [3.63, 3.8) is 0 Å². The SMILES string of the molecule is Cc1ccccc1OC(C)C(=O)Nc1ccccc1-c1ccccc1. The van der Waals surface area contributed by atoms with Crippen molar-refractivity contribution in [2.45, 2.75) is 20.0 Å². The molecular formula is C22H21NO2. The van der Waals surface area contributed by atoms with Gasteiger partial charge in [-0.3, -0.25) is 4.79 Å². The molecule has 0 aliphatic carbocycles. The molecule has 0 heterocycles. The van der Waals surface area contributed by atoms with E-state index in [-0.39, 0.29) is 5.91 Å². The van der Waals surface area contributed by atoms with Crippen molar-refractivity contribution in [2.24, 2.45) is 0 Å². The summed E-state index contributed by atoms with van der Waals surface area (Å²) in [4.78, 5) is 12.6. The first kappa shape index (κ1) is 16.8. The zero-order chi connectivity index (χ0) is 17.6. The Bertz CT molecular complexity index is 859. The molecule has 0 saturated heterocycles. The number of amides is 1. The van der Waals surface area contributed by atoms with E-state index in [4.69, 9.17) is 4.74 Å². The fourth-order valence-electron chi connectivity index (χ4n) is 2.63. The predicted molar refractivity (Wildman–Crippen MR) is 102 cm³/mol. The summed E-state index contributed by atoms with van der Waals surface area (Å²) < 4.78 is 5.81. The number of ether oxygens (including phenoxy) is 1. The van der Waals surface area contributed by atoms with E-state index in [0.717, 1.165) is 28.1 Å². The number of rotatable bonds is 5. The second kappa shape index (κ2) is 7.67. The third kappa shape index (κ3) is 4.07. The zero-order valence-corrected chi connectivity index (χ0v) is 14.4. The maximum atomic E-state index is 12.6. The van der Waals surface area contributed by atoms with Gasteiger partial charge in [0.1, 0.15) is 5.75 Å². The fraction of sp³-hybridized carbons (Fsp3) is 0.136. The summed E-state index contributed by atoms with van der Waals surface area (Å²) in [5, 5.41) is 2.98. The van der Waals surface area contributed by atoms with Crippen molar-refractivity contribution >= 4 is 11.6 Å². The van der Waals surface area contributed by atoms with Gasteiger partial charge in [0, 0.05) is 11.3 Å². The molecule has 3 aromatic rings. The Morgan fingerprint density at radius 3 is 2.28 bits per heavy atom. The summed E-state index contributed by atoms with van der Waals surface area (Å²) in [5.74, 6) is 0.549. The van der Waals surface area contributed by atoms with E-state index in [0.29, 0.717) is 0 Å². The first-order valence-electron chi connectivity index (χ1n) is 8.33. The first-order chi connectivity index (χ1) is 12.1. The Morgan fingerprint density at radius 2 is 1.52 bits per heavy atom. The molecule has 3 rings (SSSR count). The third-order valence-corrected chi connectivity index (χ3v) is 4.04. The van der Waals surface area contributed by atoms with Crippen LogP contribution in [0, 0.1) is 6.92 Å². The van der Waals surface area contributed by atoms with Crippen molar-refractivity contribution in [1.82, 2.24) is 0 Å². The van der Waals surface area contributed by atoms with Gasteiger partial charge in [0.25, 0.3) is 5.91 Å². The Labute approximate surface area is 148 Å². The molecule has 126 valence electrons. The quantitative estimate of drug-likeness (QED) is 0.709. The van der Waals surface area contributed by atoms with Gasteiger partial charge >= 0.3 is 0 Å². The molecule has 0 spiro atoms. The Hall–Kier alpha value is -3.07. The molecule has 3 aromatic carbocycles. The van der Waals surface area contributed by atoms with Crippen LogP contribution in [-0.4, -0.2) is 12.0 Å². The number of anilines is 1. The number of carbonyl (C=O) groups excluding carboxylic acids is 1. The molecule has 0 fully saturated rings. The molecule has 25 heavy (non-hydrogen) atoms. The summed E-state index contributed by atoms with van der Waals surface area (Å²) in [5.41, 5.74) is 3.83. The maximum Gasteiger partial charge on any atom is 0.265 e. The molecule has 1 atom stereocenters. The highest BCUT2D eigenvalue weighted by molar-refractivity contribution is 5.98. The zero-order valence-electron chi connectivity index (χ0n) is 14.4. The van der Waals surface area contributed by atoms with Gasteiger partial charge in [-0.1, -0.05) is 66.7 Å². The van der Waals surface area contributed by atoms with Crippen LogP contribution in [0.25, 0.3) is 11.1 Å². The average Bonchev–Trinajstić information content (AvgIpc) is 2.64. The summed E-state index contributed by atoms with van der Waals surface area (Å²) in [6.45, 7) is 3.72. The van der Waals surface area contributed by atoms with Crippen LogP contribution in [0.4, 0.5) is 5.69 Å². The van der Waals surface area contributed by atoms with Crippen LogP contribution in [0.2, 0.25) is 0 Å². The van der Waals surface area contributed by atoms with Crippen LogP contribution < -0.4 is 10.1 Å². The lowest BCUT2D eigenvalue weighted by Crippen LogP contribution is -2.30. The first-order valence-corrected chi connectivity index (χ1v) is 8.33. The number of para-hydroxylation sites is 2. The molecule has 1 N–H and O–H groups in total. The summed E-state index contributed by atoms with van der Waals surface area (Å²) in [6.07, 6.45) is -0.593. The highest BCUT2D eigenvalue weighted by Crippen LogP contribution is 2.28. The molecule has 1 amide bonds. The van der Waals surface area contributed by atoms with E-state index in [9.17, 15) is 4.79 Å². The standard InChI is InChI=1S/C22H21NO2/c1-16-10-6-9-15-21(16)25-17(2)22(24)23-20-14-8-7-13-19(20)18-11-4-3-5-12-18/h3-15,17H,1-2H3,(H,23,24). The minimum atomic E-state index is -0.593. The average molecular weight is 331 g/mol. The van der Waals surface area contributed by atoms with Crippen LogP contribution in [0.1, 0.15) is 12.5 Å². The van der Waals surface area contributed by atoms with Gasteiger partial charge in [-0.2, -0.15) is 0 Å². The molecular weight excluding hydrogens is 310 g/mol. The van der Waals surface area contributed by atoms with Gasteiger partial charge in [-0.15, -0.1) is 0 Å². The van der Waals surface area contributed by atoms with Gasteiger partial charge in [-0.25, -0.2) is 0 Å². The number of nitrogens with one attached hydrogen (secondary N) is 1. The molecule has 3 heteroatoms. The van der Waals surface area contributed by atoms with Gasteiger partial charge in [-0.05, 0) is 37.1 Å². The third-order valence-electron chi connectivity index (χ3n) is 4.04. The molecule has 0 aliphatic rings. The normalized spacial score (nSPS) is 11.6. The van der Waals surface area contributed by atoms with Crippen molar-refractivity contribution in [1.29, 1.82) is 0 Å². The number of hydrogen-bond donors (Lipinski definition) is 1. The van der Waals surface area contributed by atoms with Crippen LogP contribution in [0.3, 0.4) is 0 Å². The number of carbonyl (C=O) groups is 1. The molecule has 0 bridgehead atoms. The van der Waals surface area contributed by atoms with E-state index < -0.39 is 6.10 Å². The van der Waals surface area contributed by atoms with Crippen molar-refractivity contribution in [3.8, 4) is 16.9 Å². The summed E-state index contributed by atoms with van der Waals surface area (Å²) >= 11 is 0. The van der Waals surface area contributed by atoms with Gasteiger partial charge in [0.05, 0.1) is 0 Å². The summed E-state index contributed by atoms with van der Waals surface area (Å²) in [7, 11) is 0. The van der Waals surface area contributed by atoms with Gasteiger partial charge in [0.2, 0.25) is 0 Å².